The molecule has 0 N–H and O–H groups in total. The fourth-order valence-corrected chi connectivity index (χ4v) is 4.18. The SMILES string of the molecule is CC1COCCN1S(=O)(=O)c1cc(C(F)(F)F)ccc1Cl. The van der Waals surface area contributed by atoms with Gasteiger partial charge in [-0.25, -0.2) is 8.42 Å². The number of halogens is 4. The van der Waals surface area contributed by atoms with E-state index in [4.69, 9.17) is 16.3 Å². The second-order valence-corrected chi connectivity index (χ2v) is 6.95. The average molecular weight is 344 g/mol. The molecule has 0 amide bonds. The van der Waals surface area contributed by atoms with Gasteiger partial charge in [-0.3, -0.25) is 0 Å². The van der Waals surface area contributed by atoms with Crippen molar-refractivity contribution in [2.45, 2.75) is 24.0 Å². The van der Waals surface area contributed by atoms with Gasteiger partial charge in [-0.15, -0.1) is 0 Å². The molecule has 1 heterocycles. The van der Waals surface area contributed by atoms with Crippen molar-refractivity contribution in [2.24, 2.45) is 0 Å². The first-order valence-corrected chi connectivity index (χ1v) is 7.92. The molecule has 1 aromatic carbocycles. The van der Waals surface area contributed by atoms with Crippen molar-refractivity contribution in [3.8, 4) is 0 Å². The highest BCUT2D eigenvalue weighted by Gasteiger charge is 2.36. The van der Waals surface area contributed by atoms with Gasteiger partial charge in [0.2, 0.25) is 10.0 Å². The Labute approximate surface area is 125 Å². The van der Waals surface area contributed by atoms with E-state index in [2.05, 4.69) is 0 Å². The highest BCUT2D eigenvalue weighted by molar-refractivity contribution is 7.89. The molecule has 0 saturated carbocycles. The van der Waals surface area contributed by atoms with E-state index in [1.807, 2.05) is 0 Å². The Bertz CT molecular complexity index is 633. The number of morpholine rings is 1. The summed E-state index contributed by atoms with van der Waals surface area (Å²) < 4.78 is 69.5. The molecular formula is C12H13ClF3NO3S. The van der Waals surface area contributed by atoms with Crippen LogP contribution in [0.2, 0.25) is 5.02 Å². The summed E-state index contributed by atoms with van der Waals surface area (Å²) in [7, 11) is -4.10. The summed E-state index contributed by atoms with van der Waals surface area (Å²) in [6.45, 7) is 2.09. The third-order valence-corrected chi connectivity index (χ3v) is 5.65. The molecule has 1 atom stereocenters. The fraction of sp³-hybridized carbons (Fsp3) is 0.500. The minimum Gasteiger partial charge on any atom is -0.378 e. The summed E-state index contributed by atoms with van der Waals surface area (Å²) in [5.74, 6) is 0. The van der Waals surface area contributed by atoms with Gasteiger partial charge in [0.15, 0.2) is 0 Å². The van der Waals surface area contributed by atoms with Crippen LogP contribution in [0.5, 0.6) is 0 Å². The van der Waals surface area contributed by atoms with Crippen molar-refractivity contribution in [1.82, 2.24) is 4.31 Å². The second kappa shape index (κ2) is 5.75. The van der Waals surface area contributed by atoms with E-state index in [-0.39, 0.29) is 24.8 Å². The Morgan fingerprint density at radius 2 is 2.05 bits per heavy atom. The van der Waals surface area contributed by atoms with Gasteiger partial charge in [0.1, 0.15) is 4.90 Å². The number of alkyl halides is 3. The zero-order valence-electron chi connectivity index (χ0n) is 11.0. The molecule has 1 fully saturated rings. The maximum absolute atomic E-state index is 12.7. The lowest BCUT2D eigenvalue weighted by Gasteiger charge is -2.32. The van der Waals surface area contributed by atoms with Crippen molar-refractivity contribution < 1.29 is 26.3 Å². The van der Waals surface area contributed by atoms with E-state index in [1.165, 1.54) is 0 Å². The van der Waals surface area contributed by atoms with Crippen LogP contribution in [-0.2, 0) is 20.9 Å². The number of hydrogen-bond acceptors (Lipinski definition) is 3. The smallest absolute Gasteiger partial charge is 0.378 e. The zero-order chi connectivity index (χ0) is 15.8. The van der Waals surface area contributed by atoms with E-state index in [9.17, 15) is 21.6 Å². The van der Waals surface area contributed by atoms with Gasteiger partial charge in [0.25, 0.3) is 0 Å². The normalized spacial score (nSPS) is 21.5. The van der Waals surface area contributed by atoms with Gasteiger partial charge >= 0.3 is 6.18 Å². The number of hydrogen-bond donors (Lipinski definition) is 0. The number of ether oxygens (including phenoxy) is 1. The van der Waals surface area contributed by atoms with Gasteiger partial charge in [-0.05, 0) is 25.1 Å². The van der Waals surface area contributed by atoms with Crippen LogP contribution in [-0.4, -0.2) is 38.5 Å². The molecule has 0 radical (unpaired) electrons. The highest BCUT2D eigenvalue weighted by atomic mass is 35.5. The van der Waals surface area contributed by atoms with Crippen molar-refractivity contribution in [3.05, 3.63) is 28.8 Å². The first-order valence-electron chi connectivity index (χ1n) is 6.10. The van der Waals surface area contributed by atoms with Crippen molar-refractivity contribution >= 4 is 21.6 Å². The van der Waals surface area contributed by atoms with E-state index in [0.717, 1.165) is 16.4 Å². The van der Waals surface area contributed by atoms with Gasteiger partial charge in [-0.1, -0.05) is 11.6 Å². The van der Waals surface area contributed by atoms with Gasteiger partial charge < -0.3 is 4.74 Å². The predicted octanol–water partition coefficient (Wildman–Crippen LogP) is 2.77. The highest BCUT2D eigenvalue weighted by Crippen LogP contribution is 2.34. The number of sulfonamides is 1. The van der Waals surface area contributed by atoms with E-state index in [0.29, 0.717) is 6.07 Å². The molecule has 0 aliphatic carbocycles. The Morgan fingerprint density at radius 1 is 1.38 bits per heavy atom. The van der Waals surface area contributed by atoms with Crippen LogP contribution in [0.3, 0.4) is 0 Å². The average Bonchev–Trinajstić information content (AvgIpc) is 2.37. The van der Waals surface area contributed by atoms with Crippen LogP contribution < -0.4 is 0 Å². The maximum atomic E-state index is 12.7. The molecule has 1 aliphatic heterocycles. The van der Waals surface area contributed by atoms with E-state index < -0.39 is 32.7 Å². The monoisotopic (exact) mass is 343 g/mol. The van der Waals surface area contributed by atoms with Gasteiger partial charge in [0.05, 0.1) is 23.8 Å². The summed E-state index contributed by atoms with van der Waals surface area (Å²) in [5, 5.41) is -0.235. The molecule has 0 bridgehead atoms. The molecular weight excluding hydrogens is 331 g/mol. The summed E-state index contributed by atoms with van der Waals surface area (Å²) in [6.07, 6.45) is -4.63. The lowest BCUT2D eigenvalue weighted by molar-refractivity contribution is -0.137. The van der Waals surface area contributed by atoms with Crippen molar-refractivity contribution in [1.29, 1.82) is 0 Å². The Kier molecular flexibility index (Phi) is 4.53. The quantitative estimate of drug-likeness (QED) is 0.829. The van der Waals surface area contributed by atoms with Crippen LogP contribution in [0.1, 0.15) is 12.5 Å². The van der Waals surface area contributed by atoms with E-state index in [1.54, 1.807) is 6.92 Å². The van der Waals surface area contributed by atoms with Crippen molar-refractivity contribution in [3.63, 3.8) is 0 Å². The Morgan fingerprint density at radius 3 is 2.62 bits per heavy atom. The standard InChI is InChI=1S/C12H13ClF3NO3S/c1-8-7-20-5-4-17(8)21(18,19)11-6-9(12(14,15)16)2-3-10(11)13/h2-3,6,8H,4-5,7H2,1H3. The summed E-state index contributed by atoms with van der Waals surface area (Å²) in [6, 6.07) is 1.81. The zero-order valence-corrected chi connectivity index (χ0v) is 12.6. The first-order chi connectivity index (χ1) is 9.64. The minimum atomic E-state index is -4.63. The summed E-state index contributed by atoms with van der Waals surface area (Å²) in [5.41, 5.74) is -1.05. The number of benzene rings is 1. The first kappa shape index (κ1) is 16.5. The van der Waals surface area contributed by atoms with Crippen molar-refractivity contribution in [2.75, 3.05) is 19.8 Å². The van der Waals surface area contributed by atoms with Gasteiger partial charge in [-0.2, -0.15) is 17.5 Å². The lowest BCUT2D eigenvalue weighted by Crippen LogP contribution is -2.47. The van der Waals surface area contributed by atoms with Gasteiger partial charge in [0, 0.05) is 12.6 Å². The number of nitrogens with zero attached hydrogens (tertiary/aromatic N) is 1. The third-order valence-electron chi connectivity index (χ3n) is 3.15. The van der Waals surface area contributed by atoms with Crippen LogP contribution in [0, 0.1) is 0 Å². The van der Waals surface area contributed by atoms with E-state index >= 15 is 0 Å². The number of rotatable bonds is 2. The molecule has 2 rings (SSSR count). The molecule has 1 aromatic rings. The topological polar surface area (TPSA) is 46.6 Å². The molecule has 9 heteroatoms. The maximum Gasteiger partial charge on any atom is 0.416 e. The largest absolute Gasteiger partial charge is 0.416 e. The minimum absolute atomic E-state index is 0.0794. The molecule has 118 valence electrons. The molecule has 21 heavy (non-hydrogen) atoms. The van der Waals surface area contributed by atoms with Crippen LogP contribution >= 0.6 is 11.6 Å². The van der Waals surface area contributed by atoms with Crippen LogP contribution in [0.15, 0.2) is 23.1 Å². The lowest BCUT2D eigenvalue weighted by atomic mass is 10.2. The molecule has 1 aliphatic rings. The van der Waals surface area contributed by atoms with Crippen LogP contribution in [0.4, 0.5) is 13.2 Å². The summed E-state index contributed by atoms with van der Waals surface area (Å²) >= 11 is 5.79. The second-order valence-electron chi connectivity index (χ2n) is 4.68. The summed E-state index contributed by atoms with van der Waals surface area (Å²) in [4.78, 5) is -0.534. The molecule has 1 saturated heterocycles. The predicted molar refractivity (Wildman–Crippen MR) is 70.6 cm³/mol. The molecule has 0 aromatic heterocycles. The Balaban J connectivity index is 2.49. The Hall–Kier alpha value is -0.830. The third kappa shape index (κ3) is 3.33. The molecule has 0 spiro atoms. The molecule has 1 unspecified atom stereocenters. The molecule has 4 nitrogen and oxygen atoms in total. The van der Waals surface area contributed by atoms with Crippen LogP contribution in [0.25, 0.3) is 0 Å². The fourth-order valence-electron chi connectivity index (χ4n) is 2.07.